The molecule has 0 bridgehead atoms. The molecule has 0 aliphatic carbocycles. The molecule has 3 rings (SSSR count). The molecule has 0 amide bonds. The van der Waals surface area contributed by atoms with Crippen LogP contribution in [0.15, 0.2) is 83.8 Å². The van der Waals surface area contributed by atoms with Crippen LogP contribution in [0, 0.1) is 10.1 Å². The predicted molar refractivity (Wildman–Crippen MR) is 108 cm³/mol. The minimum atomic E-state index is -0.445. The Morgan fingerprint density at radius 1 is 0.963 bits per heavy atom. The van der Waals surface area contributed by atoms with Gasteiger partial charge >= 0.3 is 0 Å². The van der Waals surface area contributed by atoms with Crippen molar-refractivity contribution < 1.29 is 9.72 Å². The number of nitrogen functional groups attached to an aromatic ring is 1. The zero-order valence-corrected chi connectivity index (χ0v) is 15.3. The lowest BCUT2D eigenvalue weighted by atomic mass is 10.0. The predicted octanol–water partition coefficient (Wildman–Crippen LogP) is 5.28. The molecule has 3 aromatic rings. The second-order valence-corrected chi connectivity index (χ2v) is 7.18. The fraction of sp³-hybridized carbons (Fsp3) is 0.0952. The average molecular weight is 378 g/mol. The fourth-order valence-electron chi connectivity index (χ4n) is 2.76. The standard InChI is InChI=1S/C21H18N2O3S/c22-17-12-7-13-18(23(25)26)21(17)27-20(16-10-5-2-6-11-16)14-19(24)15-8-3-1-4-9-15/h1-13,20H,14,22H2. The molecular formula is C21H18N2O3S. The summed E-state index contributed by atoms with van der Waals surface area (Å²) in [4.78, 5) is 24.1. The number of nitrogens with two attached hydrogens (primary N) is 1. The number of nitro groups is 1. The normalized spacial score (nSPS) is 11.7. The smallest absolute Gasteiger partial charge is 0.284 e. The third-order valence-electron chi connectivity index (χ3n) is 4.12. The molecule has 3 aromatic carbocycles. The van der Waals surface area contributed by atoms with Crippen LogP contribution in [-0.4, -0.2) is 10.7 Å². The van der Waals surface area contributed by atoms with Crippen molar-refractivity contribution in [3.63, 3.8) is 0 Å². The maximum Gasteiger partial charge on any atom is 0.284 e. The van der Waals surface area contributed by atoms with Gasteiger partial charge in [-0.2, -0.15) is 0 Å². The summed E-state index contributed by atoms with van der Waals surface area (Å²) in [6.45, 7) is 0. The van der Waals surface area contributed by atoms with Crippen LogP contribution in [0.2, 0.25) is 0 Å². The number of Topliss-reactive ketones (excluding diaryl/α,β-unsaturated/α-hetero) is 1. The number of carbonyl (C=O) groups excluding carboxylic acids is 1. The van der Waals surface area contributed by atoms with Crippen LogP contribution < -0.4 is 5.73 Å². The third kappa shape index (κ3) is 4.54. The van der Waals surface area contributed by atoms with Crippen LogP contribution in [0.5, 0.6) is 0 Å². The van der Waals surface area contributed by atoms with Crippen molar-refractivity contribution in [3.05, 3.63) is 100 Å². The maximum atomic E-state index is 12.7. The largest absolute Gasteiger partial charge is 0.398 e. The van der Waals surface area contributed by atoms with Crippen LogP contribution in [0.1, 0.15) is 27.6 Å². The van der Waals surface area contributed by atoms with E-state index < -0.39 is 4.92 Å². The van der Waals surface area contributed by atoms with Gasteiger partial charge in [0.15, 0.2) is 5.78 Å². The summed E-state index contributed by atoms with van der Waals surface area (Å²) in [5, 5.41) is 11.1. The summed E-state index contributed by atoms with van der Waals surface area (Å²) in [6.07, 6.45) is 0.212. The topological polar surface area (TPSA) is 86.2 Å². The van der Waals surface area contributed by atoms with Gasteiger partial charge in [0, 0.05) is 23.3 Å². The number of hydrogen-bond acceptors (Lipinski definition) is 5. The van der Waals surface area contributed by atoms with Crippen LogP contribution in [0.25, 0.3) is 0 Å². The minimum absolute atomic E-state index is 0.0193. The quantitative estimate of drug-likeness (QED) is 0.199. The summed E-state index contributed by atoms with van der Waals surface area (Å²) >= 11 is 1.26. The highest BCUT2D eigenvalue weighted by molar-refractivity contribution is 7.99. The van der Waals surface area contributed by atoms with E-state index in [9.17, 15) is 14.9 Å². The highest BCUT2D eigenvalue weighted by Crippen LogP contribution is 2.44. The van der Waals surface area contributed by atoms with E-state index in [0.717, 1.165) is 5.56 Å². The average Bonchev–Trinajstić information content (AvgIpc) is 2.70. The molecule has 0 fully saturated rings. The Labute approximate surface area is 161 Å². The third-order valence-corrected chi connectivity index (χ3v) is 5.52. The van der Waals surface area contributed by atoms with Crippen molar-refractivity contribution in [3.8, 4) is 0 Å². The van der Waals surface area contributed by atoms with Crippen LogP contribution >= 0.6 is 11.8 Å². The van der Waals surface area contributed by atoms with Crippen molar-refractivity contribution in [2.45, 2.75) is 16.6 Å². The van der Waals surface area contributed by atoms with Gasteiger partial charge in [-0.1, -0.05) is 66.7 Å². The van der Waals surface area contributed by atoms with Crippen molar-refractivity contribution in [1.29, 1.82) is 0 Å². The number of benzene rings is 3. The number of rotatable bonds is 7. The number of nitro benzene ring substituents is 1. The van der Waals surface area contributed by atoms with Gasteiger partial charge in [-0.25, -0.2) is 0 Å². The number of thioether (sulfide) groups is 1. The van der Waals surface area contributed by atoms with Crippen molar-refractivity contribution in [1.82, 2.24) is 0 Å². The summed E-state index contributed by atoms with van der Waals surface area (Å²) in [5.41, 5.74) is 7.85. The SMILES string of the molecule is Nc1cccc([N+](=O)[O-])c1SC(CC(=O)c1ccccc1)c1ccccc1. The van der Waals surface area contributed by atoms with E-state index in [0.29, 0.717) is 16.1 Å². The molecule has 2 N–H and O–H groups in total. The molecule has 0 saturated heterocycles. The molecule has 5 nitrogen and oxygen atoms in total. The fourth-order valence-corrected chi connectivity index (χ4v) is 4.04. The zero-order valence-electron chi connectivity index (χ0n) is 14.4. The van der Waals surface area contributed by atoms with Gasteiger partial charge in [0.05, 0.1) is 10.6 Å². The highest BCUT2D eigenvalue weighted by atomic mass is 32.2. The first kappa shape index (κ1) is 18.7. The second kappa shape index (κ2) is 8.51. The Kier molecular flexibility index (Phi) is 5.88. The first-order valence-corrected chi connectivity index (χ1v) is 9.27. The van der Waals surface area contributed by atoms with Crippen molar-refractivity contribution >= 4 is 28.9 Å². The molecule has 0 radical (unpaired) electrons. The molecule has 136 valence electrons. The van der Waals surface area contributed by atoms with E-state index in [1.807, 2.05) is 48.5 Å². The number of ketones is 1. The molecule has 0 aliphatic heterocycles. The van der Waals surface area contributed by atoms with Gasteiger partial charge in [-0.3, -0.25) is 14.9 Å². The lowest BCUT2D eigenvalue weighted by Crippen LogP contribution is -2.06. The van der Waals surface area contributed by atoms with Crippen LogP contribution in [0.3, 0.4) is 0 Å². The van der Waals surface area contributed by atoms with Gasteiger partial charge in [-0.15, -0.1) is 11.8 Å². The molecule has 1 atom stereocenters. The van der Waals surface area contributed by atoms with Gasteiger partial charge in [-0.05, 0) is 11.6 Å². The zero-order chi connectivity index (χ0) is 19.2. The number of hydrogen-bond donors (Lipinski definition) is 1. The van der Waals surface area contributed by atoms with E-state index >= 15 is 0 Å². The summed E-state index contributed by atoms with van der Waals surface area (Å²) in [5.74, 6) is -0.0193. The lowest BCUT2D eigenvalue weighted by Gasteiger charge is -2.17. The number of nitrogens with zero attached hydrogens (tertiary/aromatic N) is 1. The summed E-state index contributed by atoms with van der Waals surface area (Å²) in [6, 6.07) is 23.2. The van der Waals surface area contributed by atoms with Gasteiger partial charge in [0.25, 0.3) is 5.69 Å². The number of anilines is 1. The first-order valence-electron chi connectivity index (χ1n) is 8.39. The summed E-state index contributed by atoms with van der Waals surface area (Å²) in [7, 11) is 0. The summed E-state index contributed by atoms with van der Waals surface area (Å²) < 4.78 is 0. The van der Waals surface area contributed by atoms with Gasteiger partial charge < -0.3 is 5.73 Å². The Morgan fingerprint density at radius 2 is 1.59 bits per heavy atom. The lowest BCUT2D eigenvalue weighted by molar-refractivity contribution is -0.387. The van der Waals surface area contributed by atoms with Crippen LogP contribution in [0.4, 0.5) is 11.4 Å². The Hall–Kier alpha value is -3.12. The van der Waals surface area contributed by atoms with Crippen LogP contribution in [-0.2, 0) is 0 Å². The van der Waals surface area contributed by atoms with E-state index in [1.54, 1.807) is 24.3 Å². The second-order valence-electron chi connectivity index (χ2n) is 5.96. The molecule has 1 unspecified atom stereocenters. The number of carbonyl (C=O) groups is 1. The van der Waals surface area contributed by atoms with Crippen molar-refractivity contribution in [2.24, 2.45) is 0 Å². The highest BCUT2D eigenvalue weighted by Gasteiger charge is 2.24. The Morgan fingerprint density at radius 3 is 2.22 bits per heavy atom. The molecule has 0 aliphatic rings. The molecular weight excluding hydrogens is 360 g/mol. The van der Waals surface area contributed by atoms with Gasteiger partial charge in [0.1, 0.15) is 4.90 Å². The first-order chi connectivity index (χ1) is 13.1. The van der Waals surface area contributed by atoms with Gasteiger partial charge in [0.2, 0.25) is 0 Å². The van der Waals surface area contributed by atoms with E-state index in [2.05, 4.69) is 0 Å². The van der Waals surface area contributed by atoms with E-state index in [1.165, 1.54) is 17.8 Å². The molecule has 0 aromatic heterocycles. The molecule has 0 spiro atoms. The van der Waals surface area contributed by atoms with Crippen molar-refractivity contribution in [2.75, 3.05) is 5.73 Å². The Bertz CT molecular complexity index is 946. The maximum absolute atomic E-state index is 12.7. The minimum Gasteiger partial charge on any atom is -0.398 e. The van der Waals surface area contributed by atoms with E-state index in [-0.39, 0.29) is 23.1 Å². The molecule has 0 heterocycles. The monoisotopic (exact) mass is 378 g/mol. The molecule has 6 heteroatoms. The van der Waals surface area contributed by atoms with E-state index in [4.69, 9.17) is 5.73 Å². The molecule has 27 heavy (non-hydrogen) atoms. The Balaban J connectivity index is 1.95. The molecule has 0 saturated carbocycles.